The Kier molecular flexibility index (Phi) is 3.97. The maximum Gasteiger partial charge on any atom is 0.289 e. The van der Waals surface area contributed by atoms with Crippen LogP contribution >= 0.6 is 0 Å². The summed E-state index contributed by atoms with van der Waals surface area (Å²) in [7, 11) is 0. The van der Waals surface area contributed by atoms with Gasteiger partial charge in [0.05, 0.1) is 17.2 Å². The first kappa shape index (κ1) is 14.6. The molecule has 3 rings (SSSR count). The Morgan fingerprint density at radius 3 is 2.26 bits per heavy atom. The molecule has 0 spiro atoms. The van der Waals surface area contributed by atoms with Crippen LogP contribution in [-0.2, 0) is 0 Å². The van der Waals surface area contributed by atoms with Crippen LogP contribution in [0.4, 0.5) is 0 Å². The summed E-state index contributed by atoms with van der Waals surface area (Å²) in [4.78, 5) is 32.4. The van der Waals surface area contributed by atoms with Crippen LogP contribution in [0.15, 0.2) is 54.7 Å². The molecule has 2 amide bonds. The van der Waals surface area contributed by atoms with Gasteiger partial charge in [-0.05, 0) is 31.2 Å². The average Bonchev–Trinajstić information content (AvgIpc) is 2.59. The van der Waals surface area contributed by atoms with Crippen LogP contribution in [0, 0.1) is 6.92 Å². The largest absolute Gasteiger partial charge is 0.289 e. The van der Waals surface area contributed by atoms with E-state index in [0.29, 0.717) is 16.6 Å². The fourth-order valence-corrected chi connectivity index (χ4v) is 2.02. The number of fused-ring (bicyclic) bond motifs is 1. The number of para-hydroxylation sites is 2. The Bertz CT molecular complexity index is 875. The van der Waals surface area contributed by atoms with Gasteiger partial charge in [-0.15, -0.1) is 0 Å². The van der Waals surface area contributed by atoms with Gasteiger partial charge in [-0.25, -0.2) is 4.98 Å². The van der Waals surface area contributed by atoms with Crippen LogP contribution in [-0.4, -0.2) is 21.8 Å². The van der Waals surface area contributed by atoms with Crippen LogP contribution in [0.2, 0.25) is 0 Å². The summed E-state index contributed by atoms with van der Waals surface area (Å²) >= 11 is 0. The van der Waals surface area contributed by atoms with Gasteiger partial charge in [0.1, 0.15) is 5.69 Å². The average molecular weight is 306 g/mol. The lowest BCUT2D eigenvalue weighted by atomic mass is 10.1. The molecule has 6 nitrogen and oxygen atoms in total. The number of carbonyl (C=O) groups excluding carboxylic acids is 2. The molecule has 2 aromatic carbocycles. The first-order chi connectivity index (χ1) is 11.1. The monoisotopic (exact) mass is 306 g/mol. The molecule has 6 heteroatoms. The number of nitrogens with zero attached hydrogens (tertiary/aromatic N) is 2. The molecule has 0 bridgehead atoms. The quantitative estimate of drug-likeness (QED) is 0.709. The number of aromatic nitrogens is 2. The van der Waals surface area contributed by atoms with E-state index in [1.165, 1.54) is 6.20 Å². The number of hydrazine groups is 1. The van der Waals surface area contributed by atoms with Gasteiger partial charge in [0.2, 0.25) is 0 Å². The van der Waals surface area contributed by atoms with E-state index in [-0.39, 0.29) is 5.69 Å². The molecule has 23 heavy (non-hydrogen) atoms. The zero-order chi connectivity index (χ0) is 16.2. The fourth-order valence-electron chi connectivity index (χ4n) is 2.02. The van der Waals surface area contributed by atoms with E-state index >= 15 is 0 Å². The third-order valence-corrected chi connectivity index (χ3v) is 3.28. The minimum Gasteiger partial charge on any atom is -0.267 e. The number of benzene rings is 2. The Hall–Kier alpha value is -3.28. The van der Waals surface area contributed by atoms with Crippen molar-refractivity contribution in [3.05, 3.63) is 71.5 Å². The molecular weight excluding hydrogens is 292 g/mol. The molecule has 0 aliphatic rings. The molecule has 2 N–H and O–H groups in total. The molecule has 0 unspecified atom stereocenters. The first-order valence-corrected chi connectivity index (χ1v) is 7.02. The van der Waals surface area contributed by atoms with Gasteiger partial charge in [0.15, 0.2) is 0 Å². The maximum atomic E-state index is 12.0. The minimum absolute atomic E-state index is 0.132. The molecule has 3 aromatic rings. The molecule has 114 valence electrons. The summed E-state index contributed by atoms with van der Waals surface area (Å²) in [6.07, 6.45) is 1.37. The molecule has 1 aromatic heterocycles. The minimum atomic E-state index is -0.524. The highest BCUT2D eigenvalue weighted by atomic mass is 16.2. The topological polar surface area (TPSA) is 84.0 Å². The lowest BCUT2D eigenvalue weighted by Gasteiger charge is -2.07. The summed E-state index contributed by atoms with van der Waals surface area (Å²) in [6.45, 7) is 1.93. The maximum absolute atomic E-state index is 12.0. The number of aryl methyl sites for hydroxylation is 1. The van der Waals surface area contributed by atoms with Gasteiger partial charge >= 0.3 is 0 Å². The van der Waals surface area contributed by atoms with E-state index < -0.39 is 11.8 Å². The van der Waals surface area contributed by atoms with Gasteiger partial charge in [0, 0.05) is 5.56 Å². The van der Waals surface area contributed by atoms with Crippen molar-refractivity contribution in [3.63, 3.8) is 0 Å². The van der Waals surface area contributed by atoms with Gasteiger partial charge in [-0.2, -0.15) is 0 Å². The fraction of sp³-hybridized carbons (Fsp3) is 0.0588. The Morgan fingerprint density at radius 1 is 0.870 bits per heavy atom. The molecule has 1 heterocycles. The normalized spacial score (nSPS) is 10.3. The molecular formula is C17H14N4O2. The van der Waals surface area contributed by atoms with E-state index in [1.54, 1.807) is 18.2 Å². The second kappa shape index (κ2) is 6.23. The van der Waals surface area contributed by atoms with Crippen molar-refractivity contribution in [1.29, 1.82) is 0 Å². The summed E-state index contributed by atoms with van der Waals surface area (Å²) in [5, 5.41) is 0. The van der Waals surface area contributed by atoms with Crippen molar-refractivity contribution in [2.75, 3.05) is 0 Å². The van der Waals surface area contributed by atoms with Gasteiger partial charge < -0.3 is 0 Å². The first-order valence-electron chi connectivity index (χ1n) is 7.02. The third kappa shape index (κ3) is 3.32. The number of nitrogens with one attached hydrogen (secondary N) is 2. The van der Waals surface area contributed by atoms with E-state index in [2.05, 4.69) is 20.8 Å². The second-order valence-electron chi connectivity index (χ2n) is 5.02. The highest BCUT2D eigenvalue weighted by Gasteiger charge is 2.11. The SMILES string of the molecule is Cc1ccc(C(=O)NNC(=O)c2cnc3ccccc3n2)cc1. The predicted octanol–water partition coefficient (Wildman–Crippen LogP) is 2.01. The van der Waals surface area contributed by atoms with Crippen LogP contribution in [0.1, 0.15) is 26.4 Å². The standard InChI is InChI=1S/C17H14N4O2/c1-11-6-8-12(9-7-11)16(22)20-21-17(23)15-10-18-13-4-2-3-5-14(13)19-15/h2-10H,1H3,(H,20,22)(H,21,23). The van der Waals surface area contributed by atoms with Gasteiger partial charge in [0.25, 0.3) is 11.8 Å². The zero-order valence-electron chi connectivity index (χ0n) is 12.4. The Morgan fingerprint density at radius 2 is 1.52 bits per heavy atom. The summed E-state index contributed by atoms with van der Waals surface area (Å²) in [6, 6.07) is 14.3. The van der Waals surface area contributed by atoms with Gasteiger partial charge in [-0.3, -0.25) is 25.4 Å². The van der Waals surface area contributed by atoms with E-state index in [1.807, 2.05) is 37.3 Å². The molecule has 0 fully saturated rings. The van der Waals surface area contributed by atoms with Crippen LogP contribution in [0.5, 0.6) is 0 Å². The smallest absolute Gasteiger partial charge is 0.267 e. The highest BCUT2D eigenvalue weighted by molar-refractivity contribution is 5.98. The molecule has 0 aliphatic heterocycles. The highest BCUT2D eigenvalue weighted by Crippen LogP contribution is 2.08. The van der Waals surface area contributed by atoms with E-state index in [9.17, 15) is 9.59 Å². The van der Waals surface area contributed by atoms with Crippen molar-refractivity contribution < 1.29 is 9.59 Å². The third-order valence-electron chi connectivity index (χ3n) is 3.28. The van der Waals surface area contributed by atoms with Crippen molar-refractivity contribution in [2.45, 2.75) is 6.92 Å². The van der Waals surface area contributed by atoms with Gasteiger partial charge in [-0.1, -0.05) is 29.8 Å². The number of hydrogen-bond acceptors (Lipinski definition) is 4. The van der Waals surface area contributed by atoms with E-state index in [0.717, 1.165) is 5.56 Å². The molecule has 0 radical (unpaired) electrons. The summed E-state index contributed by atoms with van der Waals surface area (Å²) < 4.78 is 0. The summed E-state index contributed by atoms with van der Waals surface area (Å²) in [5.74, 6) is -0.921. The molecule has 0 saturated carbocycles. The van der Waals surface area contributed by atoms with E-state index in [4.69, 9.17) is 0 Å². The number of carbonyl (C=O) groups is 2. The number of rotatable bonds is 2. The number of hydrogen-bond donors (Lipinski definition) is 2. The molecule has 0 atom stereocenters. The van der Waals surface area contributed by atoms with Crippen molar-refractivity contribution in [2.24, 2.45) is 0 Å². The van der Waals surface area contributed by atoms with Crippen molar-refractivity contribution in [3.8, 4) is 0 Å². The molecule has 0 aliphatic carbocycles. The predicted molar refractivity (Wildman–Crippen MR) is 85.6 cm³/mol. The van der Waals surface area contributed by atoms with Crippen LogP contribution < -0.4 is 10.9 Å². The van der Waals surface area contributed by atoms with Crippen LogP contribution in [0.25, 0.3) is 11.0 Å². The zero-order valence-corrected chi connectivity index (χ0v) is 12.4. The second-order valence-corrected chi connectivity index (χ2v) is 5.02. The Balaban J connectivity index is 1.68. The summed E-state index contributed by atoms with van der Waals surface area (Å²) in [5.41, 5.74) is 7.66. The van der Waals surface area contributed by atoms with Crippen molar-refractivity contribution >= 4 is 22.8 Å². The Labute approximate surface area is 132 Å². The van der Waals surface area contributed by atoms with Crippen molar-refractivity contribution in [1.82, 2.24) is 20.8 Å². The number of amides is 2. The lowest BCUT2D eigenvalue weighted by Crippen LogP contribution is -2.42. The lowest BCUT2D eigenvalue weighted by molar-refractivity contribution is 0.0844. The molecule has 0 saturated heterocycles. The van der Waals surface area contributed by atoms with Crippen LogP contribution in [0.3, 0.4) is 0 Å².